The summed E-state index contributed by atoms with van der Waals surface area (Å²) in [6, 6.07) is 9.55. The van der Waals surface area contributed by atoms with Crippen LogP contribution in [0.1, 0.15) is 32.8 Å². The van der Waals surface area contributed by atoms with Crippen LogP contribution < -0.4 is 0 Å². The van der Waals surface area contributed by atoms with Crippen LogP contribution in [-0.4, -0.2) is 35.0 Å². The minimum absolute atomic E-state index is 0.00468. The molecule has 0 aromatic heterocycles. The van der Waals surface area contributed by atoms with E-state index in [2.05, 4.69) is 13.8 Å². The zero-order chi connectivity index (χ0) is 15.8. The van der Waals surface area contributed by atoms with E-state index in [1.165, 1.54) is 0 Å². The number of hydrogen-bond acceptors (Lipinski definition) is 2. The van der Waals surface area contributed by atoms with Gasteiger partial charge in [-0.1, -0.05) is 51.1 Å². The third-order valence-corrected chi connectivity index (χ3v) is 3.44. The Morgan fingerprint density at radius 3 is 2.29 bits per heavy atom. The van der Waals surface area contributed by atoms with Gasteiger partial charge in [-0.15, -0.1) is 0 Å². The second-order valence-electron chi connectivity index (χ2n) is 5.92. The van der Waals surface area contributed by atoms with Crippen molar-refractivity contribution in [3.05, 3.63) is 35.9 Å². The van der Waals surface area contributed by atoms with Crippen molar-refractivity contribution in [1.29, 1.82) is 0 Å². The molecule has 0 saturated heterocycles. The summed E-state index contributed by atoms with van der Waals surface area (Å²) in [6.45, 7) is 6.72. The average Bonchev–Trinajstić information content (AvgIpc) is 2.43. The number of benzene rings is 1. The summed E-state index contributed by atoms with van der Waals surface area (Å²) < 4.78 is 0. The molecule has 0 radical (unpaired) electrons. The van der Waals surface area contributed by atoms with Gasteiger partial charge in [0.15, 0.2) is 0 Å². The molecule has 1 N–H and O–H groups in total. The number of nitrogens with zero attached hydrogens (tertiary/aromatic N) is 1. The van der Waals surface area contributed by atoms with Gasteiger partial charge in [-0.25, -0.2) is 0 Å². The predicted molar refractivity (Wildman–Crippen MR) is 83.0 cm³/mol. The molecule has 0 heterocycles. The lowest BCUT2D eigenvalue weighted by Crippen LogP contribution is -2.38. The van der Waals surface area contributed by atoms with Crippen LogP contribution in [0, 0.1) is 11.8 Å². The Balaban J connectivity index is 2.69. The van der Waals surface area contributed by atoms with Gasteiger partial charge in [0.1, 0.15) is 0 Å². The van der Waals surface area contributed by atoms with E-state index in [9.17, 15) is 9.59 Å². The molecular formula is C17H25NO3. The number of carboxylic acid groups (broad SMARTS) is 1. The SMILES string of the molecule is CC(C)CCN(CC(C)C(=O)O)C(=O)Cc1ccccc1. The topological polar surface area (TPSA) is 57.6 Å². The standard InChI is InChI=1S/C17H25NO3/c1-13(2)9-10-18(12-14(3)17(20)21)16(19)11-15-7-5-4-6-8-15/h4-8,13-14H,9-12H2,1-3H3,(H,20,21). The van der Waals surface area contributed by atoms with Crippen molar-refractivity contribution in [3.8, 4) is 0 Å². The lowest BCUT2D eigenvalue weighted by Gasteiger charge is -2.25. The lowest BCUT2D eigenvalue weighted by molar-refractivity contribution is -0.143. The van der Waals surface area contributed by atoms with E-state index < -0.39 is 11.9 Å². The molecule has 0 bridgehead atoms. The maximum Gasteiger partial charge on any atom is 0.308 e. The summed E-state index contributed by atoms with van der Waals surface area (Å²) in [5, 5.41) is 9.04. The van der Waals surface area contributed by atoms with Crippen molar-refractivity contribution in [1.82, 2.24) is 4.90 Å². The molecule has 0 fully saturated rings. The van der Waals surface area contributed by atoms with E-state index in [0.717, 1.165) is 12.0 Å². The van der Waals surface area contributed by atoms with Crippen molar-refractivity contribution < 1.29 is 14.7 Å². The third kappa shape index (κ3) is 6.43. The monoisotopic (exact) mass is 291 g/mol. The molecule has 0 aliphatic heterocycles. The largest absolute Gasteiger partial charge is 0.481 e. The van der Waals surface area contributed by atoms with E-state index in [1.54, 1.807) is 11.8 Å². The molecule has 21 heavy (non-hydrogen) atoms. The maximum absolute atomic E-state index is 12.4. The highest BCUT2D eigenvalue weighted by atomic mass is 16.4. The van der Waals surface area contributed by atoms with E-state index >= 15 is 0 Å². The quantitative estimate of drug-likeness (QED) is 0.801. The van der Waals surface area contributed by atoms with Crippen LogP contribution >= 0.6 is 0 Å². The van der Waals surface area contributed by atoms with Crippen LogP contribution in [0.15, 0.2) is 30.3 Å². The van der Waals surface area contributed by atoms with Crippen LogP contribution in [0.2, 0.25) is 0 Å². The summed E-state index contributed by atoms with van der Waals surface area (Å²) in [6.07, 6.45) is 1.21. The molecule has 1 atom stereocenters. The van der Waals surface area contributed by atoms with Gasteiger partial charge in [0.05, 0.1) is 12.3 Å². The summed E-state index contributed by atoms with van der Waals surface area (Å²) in [4.78, 5) is 25.1. The van der Waals surface area contributed by atoms with Crippen LogP contribution in [0.4, 0.5) is 0 Å². The summed E-state index contributed by atoms with van der Waals surface area (Å²) in [5.41, 5.74) is 0.958. The van der Waals surface area contributed by atoms with Crippen LogP contribution in [0.25, 0.3) is 0 Å². The minimum Gasteiger partial charge on any atom is -0.481 e. The van der Waals surface area contributed by atoms with E-state index in [4.69, 9.17) is 5.11 Å². The van der Waals surface area contributed by atoms with Crippen molar-refractivity contribution in [2.75, 3.05) is 13.1 Å². The first-order chi connectivity index (χ1) is 9.90. The number of carbonyl (C=O) groups excluding carboxylic acids is 1. The van der Waals surface area contributed by atoms with Gasteiger partial charge < -0.3 is 10.0 Å². The Morgan fingerprint density at radius 2 is 1.76 bits per heavy atom. The number of carboxylic acids is 1. The molecule has 116 valence electrons. The number of amides is 1. The normalized spacial score (nSPS) is 12.2. The van der Waals surface area contributed by atoms with Crippen molar-refractivity contribution in [2.24, 2.45) is 11.8 Å². The Bertz CT molecular complexity index is 456. The van der Waals surface area contributed by atoms with Gasteiger partial charge in [-0.2, -0.15) is 0 Å². The highest BCUT2D eigenvalue weighted by Crippen LogP contribution is 2.09. The molecule has 1 amide bonds. The molecule has 0 aliphatic carbocycles. The van der Waals surface area contributed by atoms with Crippen LogP contribution in [-0.2, 0) is 16.0 Å². The number of aliphatic carboxylic acids is 1. The Hall–Kier alpha value is -1.84. The van der Waals surface area contributed by atoms with Crippen LogP contribution in [0.5, 0.6) is 0 Å². The second kappa shape index (κ2) is 8.45. The number of hydrogen-bond donors (Lipinski definition) is 1. The Labute approximate surface area is 126 Å². The molecule has 1 aromatic carbocycles. The van der Waals surface area contributed by atoms with Crippen molar-refractivity contribution in [3.63, 3.8) is 0 Å². The van der Waals surface area contributed by atoms with Gasteiger partial charge in [0, 0.05) is 13.1 Å². The smallest absolute Gasteiger partial charge is 0.308 e. The summed E-state index contributed by atoms with van der Waals surface area (Å²) in [5.74, 6) is -0.930. The van der Waals surface area contributed by atoms with Gasteiger partial charge >= 0.3 is 5.97 Å². The van der Waals surface area contributed by atoms with Gasteiger partial charge in [0.2, 0.25) is 5.91 Å². The molecule has 0 spiro atoms. The van der Waals surface area contributed by atoms with Crippen molar-refractivity contribution >= 4 is 11.9 Å². The first-order valence-corrected chi connectivity index (χ1v) is 7.44. The molecule has 1 rings (SSSR count). The van der Waals surface area contributed by atoms with Gasteiger partial charge in [-0.3, -0.25) is 9.59 Å². The molecule has 4 heteroatoms. The van der Waals surface area contributed by atoms with E-state index in [-0.39, 0.29) is 12.5 Å². The number of rotatable bonds is 8. The maximum atomic E-state index is 12.4. The van der Waals surface area contributed by atoms with E-state index in [1.807, 2.05) is 30.3 Å². The second-order valence-corrected chi connectivity index (χ2v) is 5.92. The fourth-order valence-corrected chi connectivity index (χ4v) is 2.02. The number of carbonyl (C=O) groups is 2. The van der Waals surface area contributed by atoms with Crippen molar-refractivity contribution in [2.45, 2.75) is 33.6 Å². The molecular weight excluding hydrogens is 266 g/mol. The molecule has 0 aliphatic rings. The molecule has 4 nitrogen and oxygen atoms in total. The predicted octanol–water partition coefficient (Wildman–Crippen LogP) is 2.82. The average molecular weight is 291 g/mol. The zero-order valence-electron chi connectivity index (χ0n) is 13.1. The highest BCUT2D eigenvalue weighted by molar-refractivity contribution is 5.79. The van der Waals surface area contributed by atoms with E-state index in [0.29, 0.717) is 18.9 Å². The van der Waals surface area contributed by atoms with Gasteiger partial charge in [-0.05, 0) is 17.9 Å². The molecule has 0 saturated carbocycles. The highest BCUT2D eigenvalue weighted by Gasteiger charge is 2.20. The Morgan fingerprint density at radius 1 is 1.14 bits per heavy atom. The first kappa shape index (κ1) is 17.2. The third-order valence-electron chi connectivity index (χ3n) is 3.44. The zero-order valence-corrected chi connectivity index (χ0v) is 13.1. The molecule has 1 aromatic rings. The van der Waals surface area contributed by atoms with Gasteiger partial charge in [0.25, 0.3) is 0 Å². The fourth-order valence-electron chi connectivity index (χ4n) is 2.02. The minimum atomic E-state index is -0.864. The summed E-state index contributed by atoms with van der Waals surface area (Å²) >= 11 is 0. The lowest BCUT2D eigenvalue weighted by atomic mass is 10.1. The van der Waals surface area contributed by atoms with Crippen LogP contribution in [0.3, 0.4) is 0 Å². The summed E-state index contributed by atoms with van der Waals surface area (Å²) in [7, 11) is 0. The Kier molecular flexibility index (Phi) is 6.92. The molecule has 1 unspecified atom stereocenters. The first-order valence-electron chi connectivity index (χ1n) is 7.44. The fraction of sp³-hybridized carbons (Fsp3) is 0.529.